The molecule has 0 saturated heterocycles. The lowest BCUT2D eigenvalue weighted by atomic mass is 10.1. The Morgan fingerprint density at radius 2 is 1.90 bits per heavy atom. The van der Waals surface area contributed by atoms with Gasteiger partial charge in [-0.2, -0.15) is 0 Å². The van der Waals surface area contributed by atoms with Gasteiger partial charge in [0.15, 0.2) is 5.96 Å². The van der Waals surface area contributed by atoms with E-state index in [4.69, 9.17) is 0 Å². The first-order chi connectivity index (χ1) is 9.72. The van der Waals surface area contributed by atoms with Crippen LogP contribution in [0, 0.1) is 5.92 Å². The predicted octanol–water partition coefficient (Wildman–Crippen LogP) is 1.74. The fourth-order valence-corrected chi connectivity index (χ4v) is 1.89. The number of hydrogen-bond donors (Lipinski definition) is 3. The third-order valence-electron chi connectivity index (χ3n) is 3.38. The summed E-state index contributed by atoms with van der Waals surface area (Å²) in [6.07, 6.45) is 2.65. The van der Waals surface area contributed by atoms with E-state index in [1.807, 2.05) is 24.3 Å². The Morgan fingerprint density at radius 3 is 2.43 bits per heavy atom. The third kappa shape index (κ3) is 5.91. The summed E-state index contributed by atoms with van der Waals surface area (Å²) in [6.45, 7) is 1.69. The number of guanidine groups is 1. The number of benzene rings is 1. The van der Waals surface area contributed by atoms with Crippen LogP contribution < -0.4 is 16.0 Å². The van der Waals surface area contributed by atoms with Crippen LogP contribution in [0.4, 0.5) is 0 Å². The Morgan fingerprint density at radius 1 is 1.24 bits per heavy atom. The summed E-state index contributed by atoms with van der Waals surface area (Å²) in [5.41, 5.74) is 1.79. The molecule has 1 amide bonds. The van der Waals surface area contributed by atoms with Crippen LogP contribution in [0.5, 0.6) is 0 Å². The van der Waals surface area contributed by atoms with Gasteiger partial charge in [0.05, 0.1) is 0 Å². The van der Waals surface area contributed by atoms with Gasteiger partial charge in [-0.1, -0.05) is 12.1 Å². The molecule has 0 aliphatic heterocycles. The van der Waals surface area contributed by atoms with Gasteiger partial charge in [0.25, 0.3) is 5.91 Å². The summed E-state index contributed by atoms with van der Waals surface area (Å²) in [5, 5.41) is 9.19. The van der Waals surface area contributed by atoms with E-state index in [-0.39, 0.29) is 29.9 Å². The van der Waals surface area contributed by atoms with E-state index in [2.05, 4.69) is 20.9 Å². The highest BCUT2D eigenvalue weighted by atomic mass is 127. The molecule has 0 aromatic heterocycles. The molecule has 3 N–H and O–H groups in total. The normalized spacial score (nSPS) is 14.1. The summed E-state index contributed by atoms with van der Waals surface area (Å²) in [4.78, 5) is 15.6. The largest absolute Gasteiger partial charge is 0.356 e. The van der Waals surface area contributed by atoms with E-state index in [0.29, 0.717) is 12.1 Å². The quantitative estimate of drug-likeness (QED) is 0.400. The van der Waals surface area contributed by atoms with Crippen LogP contribution in [0.2, 0.25) is 0 Å². The Kier molecular flexibility index (Phi) is 7.49. The number of halogens is 1. The number of carbonyl (C=O) groups excluding carboxylic acids is 1. The lowest BCUT2D eigenvalue weighted by Crippen LogP contribution is -2.37. The Labute approximate surface area is 143 Å². The van der Waals surface area contributed by atoms with Crippen LogP contribution in [-0.4, -0.2) is 32.5 Å². The average Bonchev–Trinajstić information content (AvgIpc) is 3.31. The fraction of sp³-hybridized carbons (Fsp3) is 0.467. The molecule has 1 aliphatic carbocycles. The molecule has 116 valence electrons. The van der Waals surface area contributed by atoms with Gasteiger partial charge in [-0.25, -0.2) is 0 Å². The molecular weight excluding hydrogens is 379 g/mol. The summed E-state index contributed by atoms with van der Waals surface area (Å²) in [7, 11) is 3.41. The van der Waals surface area contributed by atoms with Gasteiger partial charge in [-0.05, 0) is 36.5 Å². The molecule has 1 aliphatic rings. The minimum Gasteiger partial charge on any atom is -0.356 e. The minimum atomic E-state index is -0.0635. The Hall–Kier alpha value is -1.31. The SMILES string of the molecule is CN=C(NCc1ccc(C(=O)NC)cc1)NCC1CC1.I. The molecule has 21 heavy (non-hydrogen) atoms. The summed E-state index contributed by atoms with van der Waals surface area (Å²) in [5.74, 6) is 1.58. The number of nitrogens with one attached hydrogen (secondary N) is 3. The smallest absolute Gasteiger partial charge is 0.251 e. The van der Waals surface area contributed by atoms with E-state index in [0.717, 1.165) is 24.0 Å². The van der Waals surface area contributed by atoms with Crippen molar-refractivity contribution in [2.24, 2.45) is 10.9 Å². The Bertz CT molecular complexity index is 483. The predicted molar refractivity (Wildman–Crippen MR) is 96.2 cm³/mol. The molecule has 1 saturated carbocycles. The zero-order chi connectivity index (χ0) is 14.4. The summed E-state index contributed by atoms with van der Waals surface area (Å²) in [6, 6.07) is 7.56. The van der Waals surface area contributed by atoms with Gasteiger partial charge >= 0.3 is 0 Å². The number of aliphatic imine (C=N–C) groups is 1. The molecule has 0 unspecified atom stereocenters. The average molecular weight is 402 g/mol. The highest BCUT2D eigenvalue weighted by molar-refractivity contribution is 14.0. The van der Waals surface area contributed by atoms with Crippen molar-refractivity contribution in [3.63, 3.8) is 0 Å². The van der Waals surface area contributed by atoms with Gasteiger partial charge in [0.1, 0.15) is 0 Å². The second kappa shape index (κ2) is 8.86. The third-order valence-corrected chi connectivity index (χ3v) is 3.38. The first kappa shape index (κ1) is 17.7. The summed E-state index contributed by atoms with van der Waals surface area (Å²) < 4.78 is 0. The maximum absolute atomic E-state index is 11.4. The van der Waals surface area contributed by atoms with Crippen molar-refractivity contribution in [2.75, 3.05) is 20.6 Å². The number of amides is 1. The van der Waals surface area contributed by atoms with E-state index in [1.165, 1.54) is 12.8 Å². The number of rotatable bonds is 5. The molecule has 5 nitrogen and oxygen atoms in total. The molecule has 1 fully saturated rings. The second-order valence-electron chi connectivity index (χ2n) is 5.03. The van der Waals surface area contributed by atoms with Crippen LogP contribution in [0.1, 0.15) is 28.8 Å². The van der Waals surface area contributed by atoms with E-state index >= 15 is 0 Å². The Balaban J connectivity index is 0.00000220. The van der Waals surface area contributed by atoms with E-state index < -0.39 is 0 Å². The van der Waals surface area contributed by atoms with Crippen LogP contribution >= 0.6 is 24.0 Å². The van der Waals surface area contributed by atoms with Gasteiger partial charge in [-0.3, -0.25) is 9.79 Å². The number of carbonyl (C=O) groups is 1. The van der Waals surface area contributed by atoms with E-state index in [1.54, 1.807) is 14.1 Å². The van der Waals surface area contributed by atoms with Crippen LogP contribution in [0.25, 0.3) is 0 Å². The lowest BCUT2D eigenvalue weighted by molar-refractivity contribution is 0.0963. The molecule has 0 heterocycles. The molecule has 0 atom stereocenters. The molecular formula is C15H23IN4O. The standard InChI is InChI=1S/C15H22N4O.HI/c1-16-14(20)13-7-5-12(6-8-13)10-19-15(17-2)18-9-11-3-4-11;/h5-8,11H,3-4,9-10H2,1-2H3,(H,16,20)(H2,17,18,19);1H. The zero-order valence-electron chi connectivity index (χ0n) is 12.5. The maximum Gasteiger partial charge on any atom is 0.251 e. The molecule has 2 rings (SSSR count). The lowest BCUT2D eigenvalue weighted by Gasteiger charge is -2.11. The molecule has 0 radical (unpaired) electrons. The van der Waals surface area contributed by atoms with Gasteiger partial charge in [0.2, 0.25) is 0 Å². The van der Waals surface area contributed by atoms with E-state index in [9.17, 15) is 4.79 Å². The van der Waals surface area contributed by atoms with Gasteiger partial charge in [-0.15, -0.1) is 24.0 Å². The monoisotopic (exact) mass is 402 g/mol. The minimum absolute atomic E-state index is 0. The first-order valence-corrected chi connectivity index (χ1v) is 6.98. The molecule has 1 aromatic carbocycles. The number of hydrogen-bond acceptors (Lipinski definition) is 2. The van der Waals surface area contributed by atoms with Crippen molar-refractivity contribution in [3.05, 3.63) is 35.4 Å². The van der Waals surface area contributed by atoms with Crippen molar-refractivity contribution < 1.29 is 4.79 Å². The van der Waals surface area contributed by atoms with Crippen molar-refractivity contribution in [2.45, 2.75) is 19.4 Å². The van der Waals surface area contributed by atoms with Crippen LogP contribution in [-0.2, 0) is 6.54 Å². The van der Waals surface area contributed by atoms with Gasteiger partial charge < -0.3 is 16.0 Å². The number of nitrogens with zero attached hydrogens (tertiary/aromatic N) is 1. The zero-order valence-corrected chi connectivity index (χ0v) is 14.8. The molecule has 6 heteroatoms. The van der Waals surface area contributed by atoms with Crippen LogP contribution in [0.15, 0.2) is 29.3 Å². The van der Waals surface area contributed by atoms with Crippen molar-refractivity contribution in [1.82, 2.24) is 16.0 Å². The first-order valence-electron chi connectivity index (χ1n) is 6.98. The van der Waals surface area contributed by atoms with Crippen molar-refractivity contribution in [3.8, 4) is 0 Å². The topological polar surface area (TPSA) is 65.5 Å². The summed E-state index contributed by atoms with van der Waals surface area (Å²) >= 11 is 0. The molecule has 1 aromatic rings. The van der Waals surface area contributed by atoms with Crippen molar-refractivity contribution in [1.29, 1.82) is 0 Å². The maximum atomic E-state index is 11.4. The van der Waals surface area contributed by atoms with Crippen LogP contribution in [0.3, 0.4) is 0 Å². The van der Waals surface area contributed by atoms with Gasteiger partial charge in [0, 0.05) is 32.7 Å². The second-order valence-corrected chi connectivity index (χ2v) is 5.03. The molecule has 0 bridgehead atoms. The highest BCUT2D eigenvalue weighted by Gasteiger charge is 2.20. The highest BCUT2D eigenvalue weighted by Crippen LogP contribution is 2.27. The molecule has 0 spiro atoms. The fourth-order valence-electron chi connectivity index (χ4n) is 1.89. The van der Waals surface area contributed by atoms with Crippen molar-refractivity contribution >= 4 is 35.8 Å².